The molecule has 1 fully saturated rings. The number of likely N-dealkylation sites (tertiary alicyclic amines) is 1. The third-order valence-electron chi connectivity index (χ3n) is 4.22. The Hall–Kier alpha value is -1.30. The molecule has 3 rings (SSSR count). The molecule has 0 amide bonds. The number of thiazole rings is 1. The minimum Gasteiger partial charge on any atom is -0.396 e. The molecule has 1 unspecified atom stereocenters. The van der Waals surface area contributed by atoms with Gasteiger partial charge in [0.2, 0.25) is 0 Å². The highest BCUT2D eigenvalue weighted by atomic mass is 32.1. The van der Waals surface area contributed by atoms with Gasteiger partial charge in [-0.1, -0.05) is 12.1 Å². The predicted molar refractivity (Wildman–Crippen MR) is 87.3 cm³/mol. The van der Waals surface area contributed by atoms with Crippen LogP contribution in [0.2, 0.25) is 0 Å². The van der Waals surface area contributed by atoms with Gasteiger partial charge in [0.05, 0.1) is 5.69 Å². The molecular weight excluding hydrogens is 299 g/mol. The molecule has 2 aromatic rings. The van der Waals surface area contributed by atoms with Crippen molar-refractivity contribution in [1.82, 2.24) is 9.88 Å². The second-order valence-corrected chi connectivity index (χ2v) is 6.61. The van der Waals surface area contributed by atoms with Gasteiger partial charge < -0.3 is 5.11 Å². The van der Waals surface area contributed by atoms with Crippen LogP contribution in [0.5, 0.6) is 0 Å². The van der Waals surface area contributed by atoms with Crippen LogP contribution < -0.4 is 0 Å². The molecule has 5 heteroatoms. The number of halogens is 1. The van der Waals surface area contributed by atoms with Crippen LogP contribution in [0.4, 0.5) is 4.39 Å². The van der Waals surface area contributed by atoms with Crippen molar-refractivity contribution in [2.45, 2.75) is 38.3 Å². The van der Waals surface area contributed by atoms with Gasteiger partial charge in [-0.15, -0.1) is 11.3 Å². The van der Waals surface area contributed by atoms with Crippen LogP contribution in [0.15, 0.2) is 29.6 Å². The highest BCUT2D eigenvalue weighted by molar-refractivity contribution is 7.13. The Balaban J connectivity index is 1.68. The number of rotatable bonds is 6. The van der Waals surface area contributed by atoms with Crippen molar-refractivity contribution < 1.29 is 9.50 Å². The Morgan fingerprint density at radius 3 is 3.05 bits per heavy atom. The monoisotopic (exact) mass is 320 g/mol. The van der Waals surface area contributed by atoms with Crippen LogP contribution in [0, 0.1) is 5.82 Å². The van der Waals surface area contributed by atoms with Crippen molar-refractivity contribution >= 4 is 11.3 Å². The molecule has 1 N–H and O–H groups in total. The number of aliphatic hydroxyl groups excluding tert-OH is 1. The van der Waals surface area contributed by atoms with Crippen molar-refractivity contribution in [3.63, 3.8) is 0 Å². The van der Waals surface area contributed by atoms with Crippen LogP contribution in [0.1, 0.15) is 31.4 Å². The highest BCUT2D eigenvalue weighted by Gasteiger charge is 2.24. The lowest BCUT2D eigenvalue weighted by atomic mass is 10.1. The zero-order valence-corrected chi connectivity index (χ0v) is 13.4. The first-order chi connectivity index (χ1) is 10.8. The number of aromatic nitrogens is 1. The Morgan fingerprint density at radius 2 is 2.23 bits per heavy atom. The van der Waals surface area contributed by atoms with Crippen LogP contribution in [0.3, 0.4) is 0 Å². The van der Waals surface area contributed by atoms with Gasteiger partial charge in [-0.3, -0.25) is 4.90 Å². The summed E-state index contributed by atoms with van der Waals surface area (Å²) < 4.78 is 13.8. The average Bonchev–Trinajstić information content (AvgIpc) is 3.16. The molecule has 1 atom stereocenters. The molecule has 0 saturated carbocycles. The fraction of sp³-hybridized carbons (Fsp3) is 0.471. The zero-order valence-electron chi connectivity index (χ0n) is 12.5. The maximum atomic E-state index is 13.8. The van der Waals surface area contributed by atoms with Gasteiger partial charge in [-0.25, -0.2) is 9.37 Å². The topological polar surface area (TPSA) is 36.4 Å². The molecule has 0 radical (unpaired) electrons. The molecule has 0 spiro atoms. The molecule has 1 saturated heterocycles. The van der Waals surface area contributed by atoms with E-state index in [2.05, 4.69) is 9.88 Å². The van der Waals surface area contributed by atoms with Crippen molar-refractivity contribution in [3.05, 3.63) is 41.2 Å². The number of hydrogen-bond acceptors (Lipinski definition) is 4. The Bertz CT molecular complexity index is 616. The van der Waals surface area contributed by atoms with Crippen LogP contribution >= 0.6 is 11.3 Å². The molecule has 0 bridgehead atoms. The van der Waals surface area contributed by atoms with Crippen molar-refractivity contribution in [2.75, 3.05) is 13.2 Å². The molecule has 1 aromatic heterocycles. The van der Waals surface area contributed by atoms with Gasteiger partial charge in [0, 0.05) is 30.1 Å². The predicted octanol–water partition coefficient (Wildman–Crippen LogP) is 3.69. The lowest BCUT2D eigenvalue weighted by Gasteiger charge is -2.23. The Labute approximate surface area is 134 Å². The lowest BCUT2D eigenvalue weighted by molar-refractivity contribution is 0.209. The fourth-order valence-corrected chi connectivity index (χ4v) is 3.94. The normalized spacial score (nSPS) is 18.9. The molecule has 1 aliphatic heterocycles. The van der Waals surface area contributed by atoms with Gasteiger partial charge in [0.15, 0.2) is 0 Å². The summed E-state index contributed by atoms with van der Waals surface area (Å²) in [4.78, 5) is 7.05. The molecule has 0 aliphatic carbocycles. The fourth-order valence-electron chi connectivity index (χ4n) is 3.10. The molecule has 2 heterocycles. The van der Waals surface area contributed by atoms with E-state index in [0.717, 1.165) is 36.6 Å². The van der Waals surface area contributed by atoms with Crippen molar-refractivity contribution in [2.24, 2.45) is 0 Å². The maximum absolute atomic E-state index is 13.8. The number of aliphatic hydroxyl groups is 1. The minimum absolute atomic E-state index is 0.217. The summed E-state index contributed by atoms with van der Waals surface area (Å²) in [6.45, 7) is 2.17. The minimum atomic E-state index is -0.217. The second-order valence-electron chi connectivity index (χ2n) is 5.76. The summed E-state index contributed by atoms with van der Waals surface area (Å²) in [7, 11) is 0. The third-order valence-corrected chi connectivity index (χ3v) is 5.14. The van der Waals surface area contributed by atoms with E-state index >= 15 is 0 Å². The maximum Gasteiger partial charge on any atom is 0.133 e. The van der Waals surface area contributed by atoms with Gasteiger partial charge in [0.25, 0.3) is 0 Å². The number of benzene rings is 1. The summed E-state index contributed by atoms with van der Waals surface area (Å²) in [5.74, 6) is -0.217. The molecule has 3 nitrogen and oxygen atoms in total. The highest BCUT2D eigenvalue weighted by Crippen LogP contribution is 2.28. The average molecular weight is 320 g/mol. The molecule has 1 aromatic carbocycles. The van der Waals surface area contributed by atoms with E-state index in [1.54, 1.807) is 12.1 Å². The van der Waals surface area contributed by atoms with Gasteiger partial charge in [-0.2, -0.15) is 0 Å². The largest absolute Gasteiger partial charge is 0.396 e. The van der Waals surface area contributed by atoms with E-state index in [0.29, 0.717) is 11.6 Å². The van der Waals surface area contributed by atoms with Crippen LogP contribution in [-0.4, -0.2) is 34.2 Å². The van der Waals surface area contributed by atoms with Crippen LogP contribution in [-0.2, 0) is 6.54 Å². The van der Waals surface area contributed by atoms with E-state index < -0.39 is 0 Å². The molecule has 22 heavy (non-hydrogen) atoms. The Kier molecular flexibility index (Phi) is 5.18. The molecular formula is C17H21FN2OS. The second kappa shape index (κ2) is 7.31. The van der Waals surface area contributed by atoms with E-state index in [4.69, 9.17) is 5.11 Å². The number of nitrogens with zero attached hydrogens (tertiary/aromatic N) is 2. The van der Waals surface area contributed by atoms with E-state index in [1.807, 2.05) is 11.4 Å². The summed E-state index contributed by atoms with van der Waals surface area (Å²) in [6.07, 6.45) is 4.31. The summed E-state index contributed by atoms with van der Waals surface area (Å²) in [5, 5.41) is 11.8. The summed E-state index contributed by atoms with van der Waals surface area (Å²) >= 11 is 1.50. The lowest BCUT2D eigenvalue weighted by Crippen LogP contribution is -2.29. The Morgan fingerprint density at radius 1 is 1.36 bits per heavy atom. The SMILES string of the molecule is OCCCC1CCCN1Cc1csc(-c2ccccc2F)n1. The summed E-state index contributed by atoms with van der Waals surface area (Å²) in [6, 6.07) is 7.33. The quantitative estimate of drug-likeness (QED) is 0.882. The van der Waals surface area contributed by atoms with E-state index in [-0.39, 0.29) is 12.4 Å². The van der Waals surface area contributed by atoms with Gasteiger partial charge in [0.1, 0.15) is 10.8 Å². The van der Waals surface area contributed by atoms with E-state index in [1.165, 1.54) is 30.2 Å². The van der Waals surface area contributed by atoms with Gasteiger partial charge in [-0.05, 0) is 44.4 Å². The standard InChI is InChI=1S/C17H21FN2OS/c18-16-8-2-1-7-15(16)17-19-13(12-22-17)11-20-9-3-5-14(20)6-4-10-21/h1-2,7-8,12,14,21H,3-6,9-11H2. The first kappa shape index (κ1) is 15.6. The van der Waals surface area contributed by atoms with Gasteiger partial charge >= 0.3 is 0 Å². The van der Waals surface area contributed by atoms with Crippen LogP contribution in [0.25, 0.3) is 10.6 Å². The first-order valence-electron chi connectivity index (χ1n) is 7.82. The smallest absolute Gasteiger partial charge is 0.133 e. The molecule has 1 aliphatic rings. The molecule has 118 valence electrons. The first-order valence-corrected chi connectivity index (χ1v) is 8.70. The van der Waals surface area contributed by atoms with E-state index in [9.17, 15) is 4.39 Å². The summed E-state index contributed by atoms with van der Waals surface area (Å²) in [5.41, 5.74) is 1.59. The van der Waals surface area contributed by atoms with Crippen molar-refractivity contribution in [1.29, 1.82) is 0 Å². The zero-order chi connectivity index (χ0) is 15.4. The van der Waals surface area contributed by atoms with Crippen molar-refractivity contribution in [3.8, 4) is 10.6 Å². The number of hydrogen-bond donors (Lipinski definition) is 1. The third kappa shape index (κ3) is 3.54.